The van der Waals surface area contributed by atoms with Crippen molar-refractivity contribution in [1.29, 1.82) is 0 Å². The van der Waals surface area contributed by atoms with Gasteiger partial charge in [-0.15, -0.1) is 0 Å². The molecule has 0 radical (unpaired) electrons. The molecular weight excluding hydrogens is 747 g/mol. The van der Waals surface area contributed by atoms with Crippen LogP contribution in [0.3, 0.4) is 0 Å². The Kier molecular flexibility index (Phi) is 9.78. The van der Waals surface area contributed by atoms with E-state index in [1.54, 1.807) is 24.3 Å². The lowest BCUT2D eigenvalue weighted by Gasteiger charge is -2.44. The van der Waals surface area contributed by atoms with Crippen LogP contribution in [0, 0.1) is 6.57 Å². The number of H-pyrrole nitrogens is 1. The molecule has 59 heavy (non-hydrogen) atoms. The number of fused-ring (bicyclic) bond motifs is 5. The largest absolute Gasteiger partial charge is 0.493 e. The Morgan fingerprint density at radius 3 is 2.46 bits per heavy atom. The van der Waals surface area contributed by atoms with Crippen molar-refractivity contribution in [2.24, 2.45) is 0 Å². The molecule has 13 heteroatoms. The van der Waals surface area contributed by atoms with Crippen molar-refractivity contribution >= 4 is 51.7 Å². The highest BCUT2D eigenvalue weighted by Crippen LogP contribution is 2.46. The topological polar surface area (TPSA) is 140 Å². The first-order valence-corrected chi connectivity index (χ1v) is 20.9. The van der Waals surface area contributed by atoms with Crippen LogP contribution in [0.2, 0.25) is 0 Å². The number of amides is 4. The van der Waals surface area contributed by atoms with Crippen molar-refractivity contribution in [1.82, 2.24) is 25.0 Å². The highest BCUT2D eigenvalue weighted by Gasteiger charge is 2.42. The molecule has 4 aromatic rings. The third kappa shape index (κ3) is 6.63. The van der Waals surface area contributed by atoms with Gasteiger partial charge in [-0.3, -0.25) is 34.2 Å². The Balaban J connectivity index is 0.787. The molecule has 0 bridgehead atoms. The van der Waals surface area contributed by atoms with Crippen molar-refractivity contribution in [3.05, 3.63) is 99.0 Å². The number of ether oxygens (including phenoxy) is 1. The first-order valence-electron chi connectivity index (χ1n) is 20.9. The molecule has 1 atom stereocenters. The maximum absolute atomic E-state index is 14.1. The quantitative estimate of drug-likeness (QED) is 0.176. The number of aromatic nitrogens is 1. The maximum atomic E-state index is 14.1. The van der Waals surface area contributed by atoms with Gasteiger partial charge in [0.15, 0.2) is 11.5 Å². The third-order valence-electron chi connectivity index (χ3n) is 13.4. The van der Waals surface area contributed by atoms with Crippen LogP contribution in [0.25, 0.3) is 15.7 Å². The Labute approximate surface area is 343 Å². The summed E-state index contributed by atoms with van der Waals surface area (Å²) in [5.41, 5.74) is 7.94. The van der Waals surface area contributed by atoms with Gasteiger partial charge in [0.05, 0.1) is 31.7 Å². The number of imide groups is 1. The molecule has 4 aliphatic heterocycles. The van der Waals surface area contributed by atoms with Crippen molar-refractivity contribution < 1.29 is 28.7 Å². The molecule has 1 aliphatic carbocycles. The Morgan fingerprint density at radius 1 is 0.949 bits per heavy atom. The van der Waals surface area contributed by atoms with Crippen LogP contribution in [0.5, 0.6) is 5.75 Å². The summed E-state index contributed by atoms with van der Waals surface area (Å²) in [6.45, 7) is 19.2. The van der Waals surface area contributed by atoms with Gasteiger partial charge >= 0.3 is 0 Å². The number of benzene rings is 3. The molecule has 1 aromatic heterocycles. The number of hydrogen-bond donors (Lipinski definition) is 2. The van der Waals surface area contributed by atoms with E-state index in [4.69, 9.17) is 11.3 Å². The summed E-state index contributed by atoms with van der Waals surface area (Å²) < 4.78 is 6.08. The normalized spacial score (nSPS) is 20.6. The van der Waals surface area contributed by atoms with Crippen LogP contribution in [0.15, 0.2) is 48.5 Å². The summed E-state index contributed by atoms with van der Waals surface area (Å²) >= 11 is 0. The van der Waals surface area contributed by atoms with Crippen LogP contribution in [-0.2, 0) is 32.8 Å². The van der Waals surface area contributed by atoms with Crippen LogP contribution in [0.4, 0.5) is 11.4 Å². The van der Waals surface area contributed by atoms with Crippen LogP contribution < -0.4 is 15.0 Å². The average molecular weight is 796 g/mol. The lowest BCUT2D eigenvalue weighted by atomic mass is 9.70. The Bertz CT molecular complexity index is 2460. The molecule has 5 aliphatic rings. The molecule has 0 saturated carbocycles. The number of anilines is 1. The van der Waals surface area contributed by atoms with E-state index in [9.17, 15) is 24.0 Å². The van der Waals surface area contributed by atoms with Gasteiger partial charge in [0, 0.05) is 96.1 Å². The molecule has 304 valence electrons. The van der Waals surface area contributed by atoms with Crippen LogP contribution in [0.1, 0.15) is 102 Å². The second-order valence-electron chi connectivity index (χ2n) is 17.0. The lowest BCUT2D eigenvalue weighted by Crippen LogP contribution is -2.54. The van der Waals surface area contributed by atoms with E-state index in [-0.39, 0.29) is 49.5 Å². The number of piperazine rings is 1. The molecule has 2 N–H and O–H groups in total. The molecule has 9 rings (SSSR count). The Morgan fingerprint density at radius 2 is 1.73 bits per heavy atom. The van der Waals surface area contributed by atoms with Crippen molar-refractivity contribution in [2.45, 2.75) is 83.3 Å². The number of nitrogens with zero attached hydrogens (tertiary/aromatic N) is 5. The summed E-state index contributed by atoms with van der Waals surface area (Å²) in [4.78, 5) is 80.3. The molecule has 3 fully saturated rings. The summed E-state index contributed by atoms with van der Waals surface area (Å²) in [7, 11) is 0. The molecular formula is C46H49N7O6. The fraction of sp³-hybridized carbons (Fsp3) is 0.435. The van der Waals surface area contributed by atoms with Gasteiger partial charge < -0.3 is 24.4 Å². The first-order chi connectivity index (χ1) is 28.5. The van der Waals surface area contributed by atoms with Crippen LogP contribution >= 0.6 is 0 Å². The molecule has 3 saturated heterocycles. The zero-order chi connectivity index (χ0) is 41.2. The Hall–Kier alpha value is -6.00. The van der Waals surface area contributed by atoms with Gasteiger partial charge in [0.25, 0.3) is 5.91 Å². The van der Waals surface area contributed by atoms with Crippen molar-refractivity contribution in [2.75, 3.05) is 50.8 Å². The van der Waals surface area contributed by atoms with Gasteiger partial charge in [-0.05, 0) is 67.1 Å². The maximum Gasteiger partial charge on any atom is 0.255 e. The SMILES string of the molecule is [C-]#[N+]c1ccc2c3c([nH]c2c1)C(C)(C)c1cc(N2CCC(N4CCN(C(=O)CCOc5cccc6c5CN(C5CCC(=O)NC5=O)C6=O)CC4)CC2)c(CC)cc1C3=O. The molecule has 5 heterocycles. The predicted molar refractivity (Wildman–Crippen MR) is 222 cm³/mol. The fourth-order valence-corrected chi connectivity index (χ4v) is 10.1. The van der Waals surface area contributed by atoms with Gasteiger partial charge in [0.2, 0.25) is 17.7 Å². The smallest absolute Gasteiger partial charge is 0.255 e. The van der Waals surface area contributed by atoms with Crippen molar-refractivity contribution in [3.8, 4) is 5.75 Å². The number of aryl methyl sites for hydroxylation is 1. The number of hydrogen-bond acceptors (Lipinski definition) is 8. The van der Waals surface area contributed by atoms with E-state index in [0.717, 1.165) is 78.7 Å². The van der Waals surface area contributed by atoms with Gasteiger partial charge in [-0.2, -0.15) is 0 Å². The number of carbonyl (C=O) groups is 5. The second kappa shape index (κ2) is 15.0. The zero-order valence-electron chi connectivity index (χ0n) is 33.9. The minimum absolute atomic E-state index is 0.0402. The van der Waals surface area contributed by atoms with E-state index in [1.807, 2.05) is 17.0 Å². The van der Waals surface area contributed by atoms with E-state index in [2.05, 4.69) is 57.8 Å². The molecule has 3 aromatic carbocycles. The number of ketones is 1. The summed E-state index contributed by atoms with van der Waals surface area (Å²) in [6.07, 6.45) is 3.57. The number of carbonyl (C=O) groups excluding carboxylic acids is 5. The highest BCUT2D eigenvalue weighted by molar-refractivity contribution is 6.20. The monoisotopic (exact) mass is 795 g/mol. The van der Waals surface area contributed by atoms with Gasteiger partial charge in [-0.25, -0.2) is 4.85 Å². The first kappa shape index (κ1) is 38.5. The average Bonchev–Trinajstić information content (AvgIpc) is 3.81. The molecule has 4 amide bonds. The fourth-order valence-electron chi connectivity index (χ4n) is 10.1. The van der Waals surface area contributed by atoms with Gasteiger partial charge in [-0.1, -0.05) is 39.0 Å². The lowest BCUT2D eigenvalue weighted by molar-refractivity contribution is -0.137. The molecule has 0 spiro atoms. The zero-order valence-corrected chi connectivity index (χ0v) is 33.9. The summed E-state index contributed by atoms with van der Waals surface area (Å²) in [6, 6.07) is 14.9. The molecule has 13 nitrogen and oxygen atoms in total. The van der Waals surface area contributed by atoms with E-state index >= 15 is 0 Å². The summed E-state index contributed by atoms with van der Waals surface area (Å²) in [5.74, 6) is -0.414. The van der Waals surface area contributed by atoms with E-state index in [0.29, 0.717) is 48.1 Å². The van der Waals surface area contributed by atoms with E-state index in [1.165, 1.54) is 16.2 Å². The number of aromatic amines is 1. The minimum atomic E-state index is -0.698. The number of rotatable bonds is 8. The minimum Gasteiger partial charge on any atom is -0.493 e. The molecule has 1 unspecified atom stereocenters. The van der Waals surface area contributed by atoms with Crippen LogP contribution in [-0.4, -0.2) is 107 Å². The second-order valence-corrected chi connectivity index (χ2v) is 17.0. The number of nitrogens with one attached hydrogen (secondary N) is 2. The van der Waals surface area contributed by atoms with Gasteiger partial charge in [0.1, 0.15) is 11.8 Å². The number of piperidine rings is 2. The highest BCUT2D eigenvalue weighted by atomic mass is 16.5. The third-order valence-corrected chi connectivity index (χ3v) is 13.4. The van der Waals surface area contributed by atoms with Crippen molar-refractivity contribution in [3.63, 3.8) is 0 Å². The predicted octanol–water partition coefficient (Wildman–Crippen LogP) is 5.49. The van der Waals surface area contributed by atoms with E-state index < -0.39 is 17.4 Å². The standard InChI is InChI=1S/C46H49N7O6/c1-5-27-23-32-34(46(2,3)43-41(42(32)56)31-10-9-28(47-4)24-35(31)48-43)25-37(27)51-16-13-29(14-17-51)50-18-20-52(21-19-50)40(55)15-22-59-38-8-6-7-30-33(38)26-53(45(30)58)36-11-12-39(54)49-44(36)57/h6-10,23-25,29,36,48H,5,11-22,26H2,1-3H3,(H,49,54,57). The summed E-state index contributed by atoms with van der Waals surface area (Å²) in [5, 5.41) is 3.20.